The van der Waals surface area contributed by atoms with Gasteiger partial charge < -0.3 is 4.57 Å². The Hall–Kier alpha value is -5.80. The third-order valence-corrected chi connectivity index (χ3v) is 8.30. The van der Waals surface area contributed by atoms with E-state index < -0.39 is 0 Å². The number of nitrogens with one attached hydrogen (secondary N) is 1. The van der Waals surface area contributed by atoms with Crippen molar-refractivity contribution in [1.29, 1.82) is 5.41 Å². The lowest BCUT2D eigenvalue weighted by Gasteiger charge is -2.13. The minimum Gasteiger partial charge on any atom is -0.309 e. The standard InChI is InChI=1S/C40H27N3/c41-40(29-11-2-1-3-12-29)42-26-32-19-18-27-10-6-7-15-34(27)39(32)28-20-22-33(23-21-28)43-37-17-9-8-16-35(37)36-24-30-13-4-5-14-31(30)25-38(36)43/h1-26,41H. The molecule has 1 aromatic heterocycles. The second-order valence-electron chi connectivity index (χ2n) is 10.8. The van der Waals surface area contributed by atoms with Crippen LogP contribution in [0.4, 0.5) is 0 Å². The van der Waals surface area contributed by atoms with E-state index in [2.05, 4.69) is 131 Å². The van der Waals surface area contributed by atoms with E-state index in [4.69, 9.17) is 5.41 Å². The summed E-state index contributed by atoms with van der Waals surface area (Å²) in [7, 11) is 0. The highest BCUT2D eigenvalue weighted by Gasteiger charge is 2.14. The van der Waals surface area contributed by atoms with Crippen molar-refractivity contribution in [3.8, 4) is 16.8 Å². The van der Waals surface area contributed by atoms with Gasteiger partial charge in [0.15, 0.2) is 5.84 Å². The number of benzene rings is 7. The number of fused-ring (bicyclic) bond motifs is 5. The monoisotopic (exact) mass is 549 g/mol. The summed E-state index contributed by atoms with van der Waals surface area (Å²) < 4.78 is 2.37. The van der Waals surface area contributed by atoms with Crippen LogP contribution >= 0.6 is 0 Å². The first-order chi connectivity index (χ1) is 21.2. The van der Waals surface area contributed by atoms with Crippen molar-refractivity contribution in [3.63, 3.8) is 0 Å². The largest absolute Gasteiger partial charge is 0.309 e. The quantitative estimate of drug-likeness (QED) is 0.168. The van der Waals surface area contributed by atoms with E-state index in [-0.39, 0.29) is 5.84 Å². The molecule has 0 spiro atoms. The molecule has 0 aliphatic rings. The zero-order chi connectivity index (χ0) is 28.8. The van der Waals surface area contributed by atoms with Crippen LogP contribution in [0.15, 0.2) is 157 Å². The summed E-state index contributed by atoms with van der Waals surface area (Å²) in [5.41, 5.74) is 7.51. The molecular formula is C40H27N3. The summed E-state index contributed by atoms with van der Waals surface area (Å²) in [6.07, 6.45) is 1.82. The molecule has 0 saturated heterocycles. The fourth-order valence-corrected chi connectivity index (χ4v) is 6.23. The maximum Gasteiger partial charge on any atom is 0.151 e. The molecule has 1 heterocycles. The number of nitrogens with zero attached hydrogens (tertiary/aromatic N) is 2. The van der Waals surface area contributed by atoms with E-state index in [0.717, 1.165) is 33.3 Å². The fourth-order valence-electron chi connectivity index (χ4n) is 6.23. The molecule has 8 rings (SSSR count). The summed E-state index contributed by atoms with van der Waals surface area (Å²) in [5, 5.41) is 15.8. The molecule has 0 unspecified atom stereocenters. The molecule has 0 fully saturated rings. The van der Waals surface area contributed by atoms with Crippen LogP contribution in [0, 0.1) is 5.41 Å². The average Bonchev–Trinajstić information content (AvgIpc) is 3.39. The van der Waals surface area contributed by atoms with Crippen LogP contribution in [-0.4, -0.2) is 16.6 Å². The van der Waals surface area contributed by atoms with Crippen molar-refractivity contribution in [2.24, 2.45) is 4.99 Å². The molecule has 8 aromatic rings. The molecule has 7 aromatic carbocycles. The Morgan fingerprint density at radius 3 is 1.98 bits per heavy atom. The first kappa shape index (κ1) is 25.0. The second kappa shape index (κ2) is 10.2. The van der Waals surface area contributed by atoms with Gasteiger partial charge in [-0.3, -0.25) is 5.41 Å². The van der Waals surface area contributed by atoms with Crippen molar-refractivity contribution in [2.75, 3.05) is 0 Å². The molecule has 0 bridgehead atoms. The Morgan fingerprint density at radius 1 is 0.535 bits per heavy atom. The number of amidine groups is 1. The van der Waals surface area contributed by atoms with Gasteiger partial charge in [-0.15, -0.1) is 0 Å². The molecule has 0 aliphatic heterocycles. The number of aliphatic imine (C=N–C) groups is 1. The van der Waals surface area contributed by atoms with Crippen molar-refractivity contribution < 1.29 is 0 Å². The maximum atomic E-state index is 8.51. The molecule has 0 aliphatic carbocycles. The molecule has 43 heavy (non-hydrogen) atoms. The Balaban J connectivity index is 1.27. The number of rotatable bonds is 4. The Labute approximate surface area is 249 Å². The zero-order valence-corrected chi connectivity index (χ0v) is 23.4. The number of aromatic nitrogens is 1. The number of para-hydroxylation sites is 1. The zero-order valence-electron chi connectivity index (χ0n) is 23.4. The van der Waals surface area contributed by atoms with Gasteiger partial charge in [-0.2, -0.15) is 0 Å². The van der Waals surface area contributed by atoms with Crippen LogP contribution < -0.4 is 0 Å². The summed E-state index contributed by atoms with van der Waals surface area (Å²) >= 11 is 0. The Bertz CT molecular complexity index is 2340. The smallest absolute Gasteiger partial charge is 0.151 e. The molecule has 0 atom stereocenters. The van der Waals surface area contributed by atoms with Gasteiger partial charge in [0.05, 0.1) is 11.0 Å². The molecule has 202 valence electrons. The van der Waals surface area contributed by atoms with E-state index in [9.17, 15) is 0 Å². The molecule has 0 amide bonds. The van der Waals surface area contributed by atoms with Crippen LogP contribution in [0.1, 0.15) is 11.1 Å². The Morgan fingerprint density at radius 2 is 1.19 bits per heavy atom. The third-order valence-electron chi connectivity index (χ3n) is 8.30. The first-order valence-corrected chi connectivity index (χ1v) is 14.5. The van der Waals surface area contributed by atoms with Gasteiger partial charge in [-0.05, 0) is 63.0 Å². The highest BCUT2D eigenvalue weighted by molar-refractivity contribution is 6.14. The molecule has 3 nitrogen and oxygen atoms in total. The van der Waals surface area contributed by atoms with Crippen LogP contribution in [0.3, 0.4) is 0 Å². The Kier molecular flexibility index (Phi) is 5.94. The van der Waals surface area contributed by atoms with Gasteiger partial charge in [0, 0.05) is 33.8 Å². The molecular weight excluding hydrogens is 522 g/mol. The molecule has 3 heteroatoms. The van der Waals surface area contributed by atoms with Gasteiger partial charge in [0.1, 0.15) is 0 Å². The first-order valence-electron chi connectivity index (χ1n) is 14.5. The van der Waals surface area contributed by atoms with Crippen molar-refractivity contribution in [3.05, 3.63) is 163 Å². The summed E-state index contributed by atoms with van der Waals surface area (Å²) in [5.74, 6) is 0.244. The summed E-state index contributed by atoms with van der Waals surface area (Å²) in [6, 6.07) is 53.0. The van der Waals surface area contributed by atoms with E-state index in [1.54, 1.807) is 0 Å². The van der Waals surface area contributed by atoms with E-state index >= 15 is 0 Å². The SMILES string of the molecule is N=C(N=Cc1ccc2ccccc2c1-c1ccc(-n2c3ccccc3c3cc4ccccc4cc32)cc1)c1ccccc1. The van der Waals surface area contributed by atoms with Crippen LogP contribution in [0.25, 0.3) is 60.2 Å². The molecule has 0 radical (unpaired) electrons. The van der Waals surface area contributed by atoms with Gasteiger partial charge >= 0.3 is 0 Å². The predicted molar refractivity (Wildman–Crippen MR) is 182 cm³/mol. The van der Waals surface area contributed by atoms with Gasteiger partial charge in [-0.25, -0.2) is 4.99 Å². The molecule has 1 N–H and O–H groups in total. The van der Waals surface area contributed by atoms with Crippen molar-refractivity contribution >= 4 is 55.4 Å². The maximum absolute atomic E-state index is 8.51. The van der Waals surface area contributed by atoms with Crippen LogP contribution in [0.2, 0.25) is 0 Å². The second-order valence-corrected chi connectivity index (χ2v) is 10.8. The topological polar surface area (TPSA) is 41.1 Å². The van der Waals surface area contributed by atoms with Crippen molar-refractivity contribution in [2.45, 2.75) is 0 Å². The van der Waals surface area contributed by atoms with Crippen LogP contribution in [0.5, 0.6) is 0 Å². The highest BCUT2D eigenvalue weighted by atomic mass is 15.0. The number of hydrogen-bond donors (Lipinski definition) is 1. The van der Waals surface area contributed by atoms with Gasteiger partial charge in [0.25, 0.3) is 0 Å². The van der Waals surface area contributed by atoms with Gasteiger partial charge in [0.2, 0.25) is 0 Å². The third kappa shape index (κ3) is 4.30. The molecule has 0 saturated carbocycles. The van der Waals surface area contributed by atoms with E-state index in [1.807, 2.05) is 36.5 Å². The van der Waals surface area contributed by atoms with E-state index in [1.165, 1.54) is 38.0 Å². The lowest BCUT2D eigenvalue weighted by Crippen LogP contribution is -1.98. The summed E-state index contributed by atoms with van der Waals surface area (Å²) in [4.78, 5) is 4.56. The normalized spacial score (nSPS) is 11.7. The highest BCUT2D eigenvalue weighted by Crippen LogP contribution is 2.36. The van der Waals surface area contributed by atoms with Crippen LogP contribution in [-0.2, 0) is 0 Å². The fraction of sp³-hybridized carbons (Fsp3) is 0. The van der Waals surface area contributed by atoms with E-state index in [0.29, 0.717) is 0 Å². The average molecular weight is 550 g/mol. The minimum absolute atomic E-state index is 0.244. The van der Waals surface area contributed by atoms with Crippen molar-refractivity contribution in [1.82, 2.24) is 4.57 Å². The van der Waals surface area contributed by atoms with Gasteiger partial charge in [-0.1, -0.05) is 121 Å². The predicted octanol–water partition coefficient (Wildman–Crippen LogP) is 10.2. The summed E-state index contributed by atoms with van der Waals surface area (Å²) in [6.45, 7) is 0. The minimum atomic E-state index is 0.244. The lowest BCUT2D eigenvalue weighted by atomic mass is 9.93. The lowest BCUT2D eigenvalue weighted by molar-refractivity contribution is 1.18. The number of hydrogen-bond acceptors (Lipinski definition) is 1.